The number of aromatic nitrogens is 1. The van der Waals surface area contributed by atoms with Gasteiger partial charge in [0.05, 0.1) is 5.56 Å². The summed E-state index contributed by atoms with van der Waals surface area (Å²) < 4.78 is 0. The predicted octanol–water partition coefficient (Wildman–Crippen LogP) is 2.66. The molecule has 0 spiro atoms. The smallest absolute Gasteiger partial charge is 0.255 e. The van der Waals surface area contributed by atoms with Gasteiger partial charge in [-0.15, -0.1) is 0 Å². The topological polar surface area (TPSA) is 36.4 Å². The van der Waals surface area contributed by atoms with Crippen molar-refractivity contribution in [2.45, 2.75) is 13.8 Å². The Balaban J connectivity index is 1.67. The molecule has 2 aromatic rings. The highest BCUT2D eigenvalue weighted by Crippen LogP contribution is 2.19. The lowest BCUT2D eigenvalue weighted by Crippen LogP contribution is -2.49. The molecule has 1 aliphatic rings. The van der Waals surface area contributed by atoms with Gasteiger partial charge in [-0.3, -0.25) is 9.78 Å². The Labute approximate surface area is 131 Å². The van der Waals surface area contributed by atoms with E-state index in [1.54, 1.807) is 12.4 Å². The molecule has 0 saturated carbocycles. The van der Waals surface area contributed by atoms with E-state index in [0.29, 0.717) is 5.56 Å². The minimum absolute atomic E-state index is 0.0921. The fraction of sp³-hybridized carbons (Fsp3) is 0.333. The van der Waals surface area contributed by atoms with Crippen LogP contribution in [0.25, 0.3) is 0 Å². The molecule has 22 heavy (non-hydrogen) atoms. The quantitative estimate of drug-likeness (QED) is 0.854. The van der Waals surface area contributed by atoms with Gasteiger partial charge >= 0.3 is 0 Å². The Hall–Kier alpha value is -2.36. The number of hydrogen-bond donors (Lipinski definition) is 0. The number of amides is 1. The van der Waals surface area contributed by atoms with Crippen LogP contribution in [0, 0.1) is 13.8 Å². The zero-order valence-electron chi connectivity index (χ0n) is 13.1. The molecular formula is C18H21N3O. The van der Waals surface area contributed by atoms with Crippen LogP contribution in [-0.4, -0.2) is 42.0 Å². The molecule has 2 heterocycles. The van der Waals surface area contributed by atoms with Gasteiger partial charge in [-0.05, 0) is 43.2 Å². The number of anilines is 1. The van der Waals surface area contributed by atoms with Gasteiger partial charge in [-0.2, -0.15) is 0 Å². The van der Waals surface area contributed by atoms with Gasteiger partial charge in [0.2, 0.25) is 0 Å². The van der Waals surface area contributed by atoms with Crippen molar-refractivity contribution in [2.24, 2.45) is 0 Å². The maximum atomic E-state index is 12.6. The van der Waals surface area contributed by atoms with Crippen molar-refractivity contribution in [3.63, 3.8) is 0 Å². The van der Waals surface area contributed by atoms with E-state index in [-0.39, 0.29) is 5.91 Å². The van der Waals surface area contributed by atoms with Gasteiger partial charge < -0.3 is 9.80 Å². The fourth-order valence-corrected chi connectivity index (χ4v) is 2.85. The van der Waals surface area contributed by atoms with Crippen molar-refractivity contribution in [1.29, 1.82) is 0 Å². The number of piperazine rings is 1. The van der Waals surface area contributed by atoms with Gasteiger partial charge in [0.15, 0.2) is 0 Å². The first-order valence-corrected chi connectivity index (χ1v) is 7.66. The second-order valence-corrected chi connectivity index (χ2v) is 5.81. The summed E-state index contributed by atoms with van der Waals surface area (Å²) in [5, 5.41) is 0. The number of hydrogen-bond acceptors (Lipinski definition) is 3. The van der Waals surface area contributed by atoms with Crippen LogP contribution in [0.15, 0.2) is 42.7 Å². The lowest BCUT2D eigenvalue weighted by molar-refractivity contribution is 0.0745. The normalized spacial score (nSPS) is 15.0. The molecule has 1 aliphatic heterocycles. The van der Waals surface area contributed by atoms with Crippen molar-refractivity contribution < 1.29 is 4.79 Å². The van der Waals surface area contributed by atoms with Crippen molar-refractivity contribution in [3.05, 3.63) is 59.4 Å². The average molecular weight is 295 g/mol. The fourth-order valence-electron chi connectivity index (χ4n) is 2.85. The first-order valence-electron chi connectivity index (χ1n) is 7.66. The molecule has 1 saturated heterocycles. The monoisotopic (exact) mass is 295 g/mol. The lowest BCUT2D eigenvalue weighted by atomic mass is 10.1. The Morgan fingerprint density at radius 1 is 1.09 bits per heavy atom. The maximum Gasteiger partial charge on any atom is 0.255 e. The summed E-state index contributed by atoms with van der Waals surface area (Å²) in [5.41, 5.74) is 4.21. The van der Waals surface area contributed by atoms with Crippen molar-refractivity contribution in [2.75, 3.05) is 31.1 Å². The third-order valence-electron chi connectivity index (χ3n) is 4.20. The van der Waals surface area contributed by atoms with Gasteiger partial charge in [0, 0.05) is 44.3 Å². The highest BCUT2D eigenvalue weighted by molar-refractivity contribution is 5.95. The summed E-state index contributed by atoms with van der Waals surface area (Å²) in [7, 11) is 0. The molecule has 1 fully saturated rings. The van der Waals surface area contributed by atoms with E-state index in [1.165, 1.54) is 11.3 Å². The zero-order valence-corrected chi connectivity index (χ0v) is 13.1. The van der Waals surface area contributed by atoms with Crippen LogP contribution in [-0.2, 0) is 0 Å². The third-order valence-corrected chi connectivity index (χ3v) is 4.20. The van der Waals surface area contributed by atoms with Gasteiger partial charge in [0.25, 0.3) is 5.91 Å². The summed E-state index contributed by atoms with van der Waals surface area (Å²) in [6.07, 6.45) is 3.40. The van der Waals surface area contributed by atoms with E-state index in [2.05, 4.69) is 41.1 Å². The number of carbonyl (C=O) groups excluding carboxylic acids is 1. The number of nitrogens with zero attached hydrogens (tertiary/aromatic N) is 3. The molecule has 1 amide bonds. The minimum atomic E-state index is 0.0921. The molecule has 114 valence electrons. The summed E-state index contributed by atoms with van der Waals surface area (Å²) in [5.74, 6) is 0.0921. The van der Waals surface area contributed by atoms with E-state index >= 15 is 0 Å². The van der Waals surface area contributed by atoms with Gasteiger partial charge in [0.1, 0.15) is 0 Å². The molecule has 3 rings (SSSR count). The molecule has 0 atom stereocenters. The van der Waals surface area contributed by atoms with Crippen LogP contribution in [0.5, 0.6) is 0 Å². The zero-order chi connectivity index (χ0) is 15.5. The second-order valence-electron chi connectivity index (χ2n) is 5.81. The standard InChI is InChI=1S/C18H21N3O/c1-14-4-3-5-16(12-14)20-8-10-21(11-9-20)18(22)17-13-19-7-6-15(17)2/h3-7,12-13H,8-11H2,1-2H3. The van der Waals surface area contributed by atoms with Crippen LogP contribution in [0.1, 0.15) is 21.5 Å². The van der Waals surface area contributed by atoms with Crippen LogP contribution >= 0.6 is 0 Å². The van der Waals surface area contributed by atoms with Crippen LogP contribution in [0.3, 0.4) is 0 Å². The van der Waals surface area contributed by atoms with Crippen molar-refractivity contribution in [1.82, 2.24) is 9.88 Å². The summed E-state index contributed by atoms with van der Waals surface area (Å²) in [4.78, 5) is 20.9. The Morgan fingerprint density at radius 3 is 2.55 bits per heavy atom. The third kappa shape index (κ3) is 2.96. The molecule has 0 radical (unpaired) electrons. The number of aryl methyl sites for hydroxylation is 2. The van der Waals surface area contributed by atoms with E-state index in [1.807, 2.05) is 17.9 Å². The van der Waals surface area contributed by atoms with E-state index in [0.717, 1.165) is 31.7 Å². The largest absolute Gasteiger partial charge is 0.368 e. The molecular weight excluding hydrogens is 274 g/mol. The highest BCUT2D eigenvalue weighted by Gasteiger charge is 2.23. The number of benzene rings is 1. The van der Waals surface area contributed by atoms with Crippen molar-refractivity contribution in [3.8, 4) is 0 Å². The number of carbonyl (C=O) groups is 1. The van der Waals surface area contributed by atoms with Crippen LogP contribution in [0.4, 0.5) is 5.69 Å². The van der Waals surface area contributed by atoms with Crippen molar-refractivity contribution >= 4 is 11.6 Å². The predicted molar refractivity (Wildman–Crippen MR) is 88.3 cm³/mol. The number of rotatable bonds is 2. The summed E-state index contributed by atoms with van der Waals surface area (Å²) in [6.45, 7) is 7.30. The van der Waals surface area contributed by atoms with E-state index in [4.69, 9.17) is 0 Å². The highest BCUT2D eigenvalue weighted by atomic mass is 16.2. The van der Waals surface area contributed by atoms with Gasteiger partial charge in [-0.25, -0.2) is 0 Å². The molecule has 4 nitrogen and oxygen atoms in total. The first-order chi connectivity index (χ1) is 10.6. The Bertz CT molecular complexity index is 676. The molecule has 4 heteroatoms. The van der Waals surface area contributed by atoms with E-state index in [9.17, 15) is 4.79 Å². The van der Waals surface area contributed by atoms with Crippen LogP contribution in [0.2, 0.25) is 0 Å². The molecule has 0 aliphatic carbocycles. The molecule has 1 aromatic heterocycles. The molecule has 0 bridgehead atoms. The van der Waals surface area contributed by atoms with E-state index < -0.39 is 0 Å². The average Bonchev–Trinajstić information content (AvgIpc) is 2.55. The maximum absolute atomic E-state index is 12.6. The SMILES string of the molecule is Cc1cccc(N2CCN(C(=O)c3cnccc3C)CC2)c1. The van der Waals surface area contributed by atoms with Gasteiger partial charge in [-0.1, -0.05) is 12.1 Å². The lowest BCUT2D eigenvalue weighted by Gasteiger charge is -2.36. The molecule has 0 N–H and O–H groups in total. The summed E-state index contributed by atoms with van der Waals surface area (Å²) >= 11 is 0. The second kappa shape index (κ2) is 6.18. The molecule has 1 aromatic carbocycles. The Morgan fingerprint density at radius 2 is 1.86 bits per heavy atom. The summed E-state index contributed by atoms with van der Waals surface area (Å²) in [6, 6.07) is 10.4. The number of pyridine rings is 1. The first kappa shape index (κ1) is 14.6. The minimum Gasteiger partial charge on any atom is -0.368 e. The Kier molecular flexibility index (Phi) is 4.09. The molecule has 0 unspecified atom stereocenters. The van der Waals surface area contributed by atoms with Crippen LogP contribution < -0.4 is 4.90 Å².